The Morgan fingerprint density at radius 1 is 0.889 bits per heavy atom. The third-order valence-electron chi connectivity index (χ3n) is 4.91. The minimum absolute atomic E-state index is 0.00623. The number of nitrogens with one attached hydrogen (secondary N) is 1. The van der Waals surface area contributed by atoms with E-state index in [-0.39, 0.29) is 24.5 Å². The molecule has 0 radical (unpaired) electrons. The summed E-state index contributed by atoms with van der Waals surface area (Å²) in [4.78, 5) is 29.0. The van der Waals surface area contributed by atoms with Gasteiger partial charge >= 0.3 is 0 Å². The van der Waals surface area contributed by atoms with E-state index in [0.29, 0.717) is 5.56 Å². The maximum atomic E-state index is 12.1. The molecule has 0 bridgehead atoms. The fourth-order valence-corrected chi connectivity index (χ4v) is 3.18. The molecule has 0 aliphatic carbocycles. The highest BCUT2D eigenvalue weighted by Gasteiger charge is 2.14. The van der Waals surface area contributed by atoms with E-state index >= 15 is 0 Å². The van der Waals surface area contributed by atoms with Crippen LogP contribution in [-0.4, -0.2) is 54.7 Å². The highest BCUT2D eigenvalue weighted by Crippen LogP contribution is 2.14. The lowest BCUT2D eigenvalue weighted by molar-refractivity contribution is -0.116. The first kappa shape index (κ1) is 19.3. The molecule has 142 valence electrons. The zero-order valence-electron chi connectivity index (χ0n) is 15.9. The van der Waals surface area contributed by atoms with Gasteiger partial charge in [-0.3, -0.25) is 14.5 Å². The third-order valence-corrected chi connectivity index (χ3v) is 4.91. The molecule has 3 rings (SSSR count). The highest BCUT2D eigenvalue weighted by atomic mass is 16.2. The van der Waals surface area contributed by atoms with Crippen LogP contribution in [0, 0.1) is 0 Å². The van der Waals surface area contributed by atoms with Crippen LogP contribution in [0.5, 0.6) is 0 Å². The number of piperazine rings is 1. The van der Waals surface area contributed by atoms with Crippen LogP contribution in [-0.2, 0) is 11.3 Å². The number of benzene rings is 2. The third kappa shape index (κ3) is 6.01. The first-order valence-corrected chi connectivity index (χ1v) is 9.48. The molecule has 1 fully saturated rings. The SMILES string of the molecule is CN1CCN(Cc2ccc(NC(=O)CCC(=O)c3ccccc3)cc2)CC1. The summed E-state index contributed by atoms with van der Waals surface area (Å²) in [6.07, 6.45) is 0.411. The van der Waals surface area contributed by atoms with Crippen molar-refractivity contribution in [1.29, 1.82) is 0 Å². The number of amides is 1. The number of carbonyl (C=O) groups excluding carboxylic acids is 2. The van der Waals surface area contributed by atoms with Gasteiger partial charge in [-0.2, -0.15) is 0 Å². The van der Waals surface area contributed by atoms with Gasteiger partial charge in [0.1, 0.15) is 0 Å². The average molecular weight is 365 g/mol. The lowest BCUT2D eigenvalue weighted by Crippen LogP contribution is -2.43. The Balaban J connectivity index is 1.43. The van der Waals surface area contributed by atoms with Crippen molar-refractivity contribution in [1.82, 2.24) is 9.80 Å². The molecule has 0 unspecified atom stereocenters. The maximum absolute atomic E-state index is 12.1. The molecule has 2 aromatic rings. The van der Waals surface area contributed by atoms with Crippen LogP contribution in [0.15, 0.2) is 54.6 Å². The predicted octanol–water partition coefficient (Wildman–Crippen LogP) is 3.04. The first-order valence-electron chi connectivity index (χ1n) is 9.48. The highest BCUT2D eigenvalue weighted by molar-refractivity contribution is 5.99. The molecule has 5 heteroatoms. The van der Waals surface area contributed by atoms with E-state index in [1.807, 2.05) is 30.3 Å². The Hall–Kier alpha value is -2.50. The minimum atomic E-state index is -0.133. The van der Waals surface area contributed by atoms with Gasteiger partial charge in [0.25, 0.3) is 0 Å². The number of Topliss-reactive ketones (excluding diaryl/α,β-unsaturated/α-hetero) is 1. The predicted molar refractivity (Wildman–Crippen MR) is 108 cm³/mol. The van der Waals surface area contributed by atoms with Crippen LogP contribution < -0.4 is 5.32 Å². The quantitative estimate of drug-likeness (QED) is 0.767. The number of hydrogen-bond acceptors (Lipinski definition) is 4. The summed E-state index contributed by atoms with van der Waals surface area (Å²) in [5.74, 6) is -0.139. The van der Waals surface area contributed by atoms with E-state index in [1.54, 1.807) is 12.1 Å². The summed E-state index contributed by atoms with van der Waals surface area (Å²) in [6, 6.07) is 17.1. The number of hydrogen-bond donors (Lipinski definition) is 1. The van der Waals surface area contributed by atoms with Crippen molar-refractivity contribution in [3.8, 4) is 0 Å². The Morgan fingerprint density at radius 3 is 2.22 bits per heavy atom. The molecule has 0 aromatic heterocycles. The normalized spacial score (nSPS) is 15.4. The van der Waals surface area contributed by atoms with E-state index < -0.39 is 0 Å². The van der Waals surface area contributed by atoms with Crippen molar-refractivity contribution in [2.75, 3.05) is 38.5 Å². The monoisotopic (exact) mass is 365 g/mol. The van der Waals surface area contributed by atoms with Gasteiger partial charge in [-0.05, 0) is 24.7 Å². The standard InChI is InChI=1S/C22H27N3O2/c1-24-13-15-25(16-14-24)17-18-7-9-20(10-8-18)23-22(27)12-11-21(26)19-5-3-2-4-6-19/h2-10H,11-17H2,1H3,(H,23,27). The second-order valence-corrected chi connectivity index (χ2v) is 7.11. The molecule has 1 N–H and O–H groups in total. The average Bonchev–Trinajstić information content (AvgIpc) is 2.70. The second kappa shape index (κ2) is 9.44. The molecule has 0 spiro atoms. The Morgan fingerprint density at radius 2 is 1.56 bits per heavy atom. The number of carbonyl (C=O) groups is 2. The van der Waals surface area contributed by atoms with Crippen LogP contribution in [0.25, 0.3) is 0 Å². The van der Waals surface area contributed by atoms with Gasteiger partial charge in [0, 0.05) is 56.8 Å². The van der Waals surface area contributed by atoms with Gasteiger partial charge in [0.2, 0.25) is 5.91 Å². The van der Waals surface area contributed by atoms with Gasteiger partial charge in [-0.25, -0.2) is 0 Å². The molecule has 2 aromatic carbocycles. The van der Waals surface area contributed by atoms with Crippen molar-refractivity contribution in [2.24, 2.45) is 0 Å². The summed E-state index contributed by atoms with van der Waals surface area (Å²) >= 11 is 0. The van der Waals surface area contributed by atoms with E-state index in [2.05, 4.69) is 34.3 Å². The summed E-state index contributed by atoms with van der Waals surface area (Å²) in [5.41, 5.74) is 2.67. The molecule has 5 nitrogen and oxygen atoms in total. The van der Waals surface area contributed by atoms with Crippen molar-refractivity contribution >= 4 is 17.4 Å². The van der Waals surface area contributed by atoms with Gasteiger partial charge in [-0.15, -0.1) is 0 Å². The Kier molecular flexibility index (Phi) is 6.74. The second-order valence-electron chi connectivity index (χ2n) is 7.11. The number of nitrogens with zero attached hydrogens (tertiary/aromatic N) is 2. The molecule has 1 aliphatic heterocycles. The Labute approximate surface area is 161 Å². The summed E-state index contributed by atoms with van der Waals surface area (Å²) in [7, 11) is 2.15. The topological polar surface area (TPSA) is 52.6 Å². The van der Waals surface area contributed by atoms with Gasteiger partial charge < -0.3 is 10.2 Å². The fourth-order valence-electron chi connectivity index (χ4n) is 3.18. The lowest BCUT2D eigenvalue weighted by atomic mass is 10.1. The van der Waals surface area contributed by atoms with Crippen LogP contribution >= 0.6 is 0 Å². The molecule has 27 heavy (non-hydrogen) atoms. The fraction of sp³-hybridized carbons (Fsp3) is 0.364. The number of likely N-dealkylation sites (N-methyl/N-ethyl adjacent to an activating group) is 1. The number of ketones is 1. The molecule has 0 saturated carbocycles. The Bertz CT molecular complexity index is 751. The van der Waals surface area contributed by atoms with Gasteiger partial charge in [0.15, 0.2) is 5.78 Å². The smallest absolute Gasteiger partial charge is 0.224 e. The largest absolute Gasteiger partial charge is 0.326 e. The van der Waals surface area contributed by atoms with Crippen molar-refractivity contribution in [3.63, 3.8) is 0 Å². The van der Waals surface area contributed by atoms with E-state index in [1.165, 1.54) is 5.56 Å². The maximum Gasteiger partial charge on any atom is 0.224 e. The molecular formula is C22H27N3O2. The number of rotatable bonds is 7. The first-order chi connectivity index (χ1) is 13.1. The van der Waals surface area contributed by atoms with E-state index in [0.717, 1.165) is 38.4 Å². The molecule has 1 heterocycles. The van der Waals surface area contributed by atoms with E-state index in [9.17, 15) is 9.59 Å². The molecule has 1 aliphatic rings. The molecular weight excluding hydrogens is 338 g/mol. The molecule has 0 atom stereocenters. The van der Waals surface area contributed by atoms with Crippen molar-refractivity contribution < 1.29 is 9.59 Å². The summed E-state index contributed by atoms with van der Waals surface area (Å²) in [6.45, 7) is 5.33. The lowest BCUT2D eigenvalue weighted by Gasteiger charge is -2.32. The summed E-state index contributed by atoms with van der Waals surface area (Å²) in [5, 5.41) is 2.87. The molecule has 1 amide bonds. The zero-order valence-corrected chi connectivity index (χ0v) is 15.9. The van der Waals surface area contributed by atoms with Crippen molar-refractivity contribution in [3.05, 3.63) is 65.7 Å². The summed E-state index contributed by atoms with van der Waals surface area (Å²) < 4.78 is 0. The van der Waals surface area contributed by atoms with Crippen LogP contribution in [0.4, 0.5) is 5.69 Å². The van der Waals surface area contributed by atoms with Gasteiger partial charge in [0.05, 0.1) is 0 Å². The van der Waals surface area contributed by atoms with Crippen molar-refractivity contribution in [2.45, 2.75) is 19.4 Å². The van der Waals surface area contributed by atoms with Crippen LogP contribution in [0.2, 0.25) is 0 Å². The number of anilines is 1. The van der Waals surface area contributed by atoms with Crippen LogP contribution in [0.3, 0.4) is 0 Å². The van der Waals surface area contributed by atoms with Gasteiger partial charge in [-0.1, -0.05) is 42.5 Å². The van der Waals surface area contributed by atoms with E-state index in [4.69, 9.17) is 0 Å². The van der Waals surface area contributed by atoms with Crippen LogP contribution in [0.1, 0.15) is 28.8 Å². The minimum Gasteiger partial charge on any atom is -0.326 e. The molecule has 1 saturated heterocycles. The zero-order chi connectivity index (χ0) is 19.1.